The molecule has 96 valence electrons. The van der Waals surface area contributed by atoms with E-state index >= 15 is 0 Å². The number of aromatic amines is 1. The van der Waals surface area contributed by atoms with Crippen molar-refractivity contribution in [3.63, 3.8) is 0 Å². The molecule has 0 saturated heterocycles. The number of H-pyrrole nitrogens is 1. The van der Waals surface area contributed by atoms with Crippen LogP contribution >= 0.6 is 0 Å². The summed E-state index contributed by atoms with van der Waals surface area (Å²) in [5, 5.41) is 10.3. The summed E-state index contributed by atoms with van der Waals surface area (Å²) in [5.74, 6) is 0. The van der Waals surface area contributed by atoms with Gasteiger partial charge in [-0.2, -0.15) is 0 Å². The van der Waals surface area contributed by atoms with Crippen LogP contribution in [0.3, 0.4) is 0 Å². The van der Waals surface area contributed by atoms with Gasteiger partial charge in [-0.3, -0.25) is 4.90 Å². The Hall–Kier alpha value is -2.04. The van der Waals surface area contributed by atoms with Crippen LogP contribution < -0.4 is 0 Å². The molecule has 0 aliphatic carbocycles. The third-order valence-electron chi connectivity index (χ3n) is 2.92. The van der Waals surface area contributed by atoms with E-state index < -0.39 is 11.6 Å². The number of pyridine rings is 1. The quantitative estimate of drug-likeness (QED) is 0.857. The van der Waals surface area contributed by atoms with Gasteiger partial charge in [0.1, 0.15) is 5.65 Å². The summed E-state index contributed by atoms with van der Waals surface area (Å²) in [5.41, 5.74) is 1.31. The smallest absolute Gasteiger partial charge is 0.408 e. The second kappa shape index (κ2) is 4.33. The van der Waals surface area contributed by atoms with E-state index in [-0.39, 0.29) is 0 Å². The van der Waals surface area contributed by atoms with Crippen molar-refractivity contribution in [2.24, 2.45) is 0 Å². The molecule has 18 heavy (non-hydrogen) atoms. The minimum absolute atomic E-state index is 0.357. The summed E-state index contributed by atoms with van der Waals surface area (Å²) in [6, 6.07) is 3.78. The fourth-order valence-electron chi connectivity index (χ4n) is 1.92. The van der Waals surface area contributed by atoms with Crippen LogP contribution in [0.5, 0.6) is 0 Å². The first-order valence-corrected chi connectivity index (χ1v) is 5.81. The molecule has 0 aliphatic heterocycles. The number of hydrogen-bond donors (Lipinski definition) is 2. The van der Waals surface area contributed by atoms with Gasteiger partial charge < -0.3 is 10.1 Å². The summed E-state index contributed by atoms with van der Waals surface area (Å²) in [6.07, 6.45) is 2.59. The van der Waals surface area contributed by atoms with Crippen LogP contribution in [0, 0.1) is 0 Å². The molecule has 5 nitrogen and oxygen atoms in total. The number of rotatable bonds is 2. The molecule has 0 fully saturated rings. The predicted octanol–water partition coefficient (Wildman–Crippen LogP) is 2.84. The summed E-state index contributed by atoms with van der Waals surface area (Å²) in [4.78, 5) is 20.0. The fraction of sp³-hybridized carbons (Fsp3) is 0.385. The lowest BCUT2D eigenvalue weighted by Gasteiger charge is -2.33. The predicted molar refractivity (Wildman–Crippen MR) is 69.4 cm³/mol. The van der Waals surface area contributed by atoms with Crippen molar-refractivity contribution in [3.8, 4) is 0 Å². The van der Waals surface area contributed by atoms with Gasteiger partial charge in [-0.25, -0.2) is 9.78 Å². The summed E-state index contributed by atoms with van der Waals surface area (Å²) in [7, 11) is 0. The van der Waals surface area contributed by atoms with Crippen molar-refractivity contribution in [2.45, 2.75) is 32.9 Å². The second-order valence-corrected chi connectivity index (χ2v) is 5.25. The molecule has 2 N–H and O–H groups in total. The first-order chi connectivity index (χ1) is 8.39. The van der Waals surface area contributed by atoms with Crippen LogP contribution in [0.4, 0.5) is 4.79 Å². The number of amides is 1. The Kier molecular flexibility index (Phi) is 2.98. The Labute approximate surface area is 105 Å². The molecule has 0 bridgehead atoms. The molecule has 0 atom stereocenters. The molecule has 0 saturated carbocycles. The van der Waals surface area contributed by atoms with E-state index in [0.717, 1.165) is 16.6 Å². The zero-order valence-electron chi connectivity index (χ0n) is 10.8. The maximum Gasteiger partial charge on any atom is 0.408 e. The number of fused-ring (bicyclic) bond motifs is 1. The molecule has 2 rings (SSSR count). The lowest BCUT2D eigenvalue weighted by molar-refractivity contribution is 0.0958. The van der Waals surface area contributed by atoms with E-state index in [9.17, 15) is 9.90 Å². The Balaban J connectivity index is 2.37. The Morgan fingerprint density at radius 1 is 1.44 bits per heavy atom. The fourth-order valence-corrected chi connectivity index (χ4v) is 1.92. The molecule has 5 heteroatoms. The molecule has 0 radical (unpaired) electrons. The number of hydrogen-bond acceptors (Lipinski definition) is 2. The first-order valence-electron chi connectivity index (χ1n) is 5.81. The SMILES string of the molecule is CC(C)(C)N(Cc1ccnc2[nH]ccc12)C(=O)O. The van der Waals surface area contributed by atoms with Crippen LogP contribution in [0.1, 0.15) is 26.3 Å². The normalized spacial score (nSPS) is 11.7. The number of nitrogens with one attached hydrogen (secondary N) is 1. The van der Waals surface area contributed by atoms with Gasteiger partial charge in [0.25, 0.3) is 0 Å². The molecular formula is C13H17N3O2. The first kappa shape index (κ1) is 12.4. The van der Waals surface area contributed by atoms with E-state index in [1.165, 1.54) is 4.90 Å². The second-order valence-electron chi connectivity index (χ2n) is 5.25. The Bertz CT molecular complexity index is 569. The molecular weight excluding hydrogens is 230 g/mol. The molecule has 2 aromatic rings. The zero-order chi connectivity index (χ0) is 13.3. The van der Waals surface area contributed by atoms with Gasteiger partial charge >= 0.3 is 6.09 Å². The lowest BCUT2D eigenvalue weighted by atomic mass is 10.0. The topological polar surface area (TPSA) is 69.2 Å². The molecule has 0 aromatic carbocycles. The van der Waals surface area contributed by atoms with Gasteiger partial charge in [-0.1, -0.05) is 0 Å². The van der Waals surface area contributed by atoms with Crippen LogP contribution in [-0.2, 0) is 6.54 Å². The van der Waals surface area contributed by atoms with Crippen molar-refractivity contribution >= 4 is 17.1 Å². The minimum atomic E-state index is -0.914. The summed E-state index contributed by atoms with van der Waals surface area (Å²) in [6.45, 7) is 6.01. The third-order valence-corrected chi connectivity index (χ3v) is 2.92. The minimum Gasteiger partial charge on any atom is -0.465 e. The number of nitrogens with zero attached hydrogens (tertiary/aromatic N) is 2. The third kappa shape index (κ3) is 2.30. The highest BCUT2D eigenvalue weighted by Gasteiger charge is 2.26. The molecule has 2 heterocycles. The average molecular weight is 247 g/mol. The van der Waals surface area contributed by atoms with Gasteiger partial charge in [-0.15, -0.1) is 0 Å². The largest absolute Gasteiger partial charge is 0.465 e. The van der Waals surface area contributed by atoms with E-state index in [1.54, 1.807) is 6.20 Å². The Morgan fingerprint density at radius 2 is 2.17 bits per heavy atom. The number of aromatic nitrogens is 2. The van der Waals surface area contributed by atoms with Crippen LogP contribution in [-0.4, -0.2) is 31.6 Å². The van der Waals surface area contributed by atoms with Crippen molar-refractivity contribution in [2.75, 3.05) is 0 Å². The molecule has 1 amide bonds. The van der Waals surface area contributed by atoms with Crippen LogP contribution in [0.25, 0.3) is 11.0 Å². The van der Waals surface area contributed by atoms with Gasteiger partial charge in [-0.05, 0) is 38.5 Å². The van der Waals surface area contributed by atoms with Gasteiger partial charge in [0.2, 0.25) is 0 Å². The van der Waals surface area contributed by atoms with E-state index in [2.05, 4.69) is 9.97 Å². The highest BCUT2D eigenvalue weighted by atomic mass is 16.4. The van der Waals surface area contributed by atoms with Crippen molar-refractivity contribution < 1.29 is 9.90 Å². The standard InChI is InChI=1S/C13H17N3O2/c1-13(2,3)16(12(17)18)8-9-4-6-14-11-10(9)5-7-15-11/h4-7H,8H2,1-3H3,(H,14,15)(H,17,18). The van der Waals surface area contributed by atoms with Crippen molar-refractivity contribution in [3.05, 3.63) is 30.1 Å². The summed E-state index contributed by atoms with van der Waals surface area (Å²) >= 11 is 0. The van der Waals surface area contributed by atoms with E-state index in [4.69, 9.17) is 0 Å². The molecule has 2 aromatic heterocycles. The van der Waals surface area contributed by atoms with Gasteiger partial charge in [0, 0.05) is 23.3 Å². The maximum atomic E-state index is 11.3. The van der Waals surface area contributed by atoms with Gasteiger partial charge in [0.15, 0.2) is 0 Å². The summed E-state index contributed by atoms with van der Waals surface area (Å²) < 4.78 is 0. The number of carboxylic acid groups (broad SMARTS) is 1. The van der Waals surface area contributed by atoms with Crippen molar-refractivity contribution in [1.29, 1.82) is 0 Å². The maximum absolute atomic E-state index is 11.3. The highest BCUT2D eigenvalue weighted by molar-refractivity contribution is 5.79. The van der Waals surface area contributed by atoms with Crippen molar-refractivity contribution in [1.82, 2.24) is 14.9 Å². The number of carbonyl (C=O) groups is 1. The average Bonchev–Trinajstić information content (AvgIpc) is 2.72. The molecule has 0 spiro atoms. The monoisotopic (exact) mass is 247 g/mol. The van der Waals surface area contributed by atoms with Crippen LogP contribution in [0.15, 0.2) is 24.5 Å². The van der Waals surface area contributed by atoms with E-state index in [0.29, 0.717) is 6.54 Å². The molecule has 0 aliphatic rings. The molecule has 0 unspecified atom stereocenters. The van der Waals surface area contributed by atoms with Gasteiger partial charge in [0.05, 0.1) is 6.54 Å². The highest BCUT2D eigenvalue weighted by Crippen LogP contribution is 2.22. The lowest BCUT2D eigenvalue weighted by Crippen LogP contribution is -2.44. The van der Waals surface area contributed by atoms with Crippen LogP contribution in [0.2, 0.25) is 0 Å². The van der Waals surface area contributed by atoms with E-state index in [1.807, 2.05) is 39.1 Å². The Morgan fingerprint density at radius 3 is 2.78 bits per heavy atom. The zero-order valence-corrected chi connectivity index (χ0v) is 10.8.